The molecule has 0 radical (unpaired) electrons. The monoisotopic (exact) mass is 285 g/mol. The van der Waals surface area contributed by atoms with Crippen molar-refractivity contribution in [2.75, 3.05) is 18.1 Å². The minimum absolute atomic E-state index is 0.231. The Kier molecular flexibility index (Phi) is 4.70. The lowest BCUT2D eigenvalue weighted by Crippen LogP contribution is -2.11. The fourth-order valence-electron chi connectivity index (χ4n) is 2.00. The van der Waals surface area contributed by atoms with E-state index in [0.717, 1.165) is 24.4 Å². The second kappa shape index (κ2) is 6.08. The Hall–Kier alpha value is -0.520. The van der Waals surface area contributed by atoms with Crippen molar-refractivity contribution in [3.8, 4) is 0 Å². The molecule has 1 aliphatic heterocycles. The SMILES string of the molecule is CCNCc1ccc(SC2CCS(=O)(=O)C2)cc1. The van der Waals surface area contributed by atoms with Crippen molar-refractivity contribution in [1.29, 1.82) is 0 Å². The van der Waals surface area contributed by atoms with Crippen LogP contribution in [0.3, 0.4) is 0 Å². The molecule has 1 aromatic rings. The van der Waals surface area contributed by atoms with Crippen LogP contribution in [0.4, 0.5) is 0 Å². The summed E-state index contributed by atoms with van der Waals surface area (Å²) in [5.41, 5.74) is 1.26. The minimum Gasteiger partial charge on any atom is -0.313 e. The molecular formula is C13H19NO2S2. The van der Waals surface area contributed by atoms with Gasteiger partial charge in [0, 0.05) is 16.7 Å². The first-order chi connectivity index (χ1) is 8.59. The van der Waals surface area contributed by atoms with E-state index < -0.39 is 9.84 Å². The minimum atomic E-state index is -2.77. The molecule has 3 nitrogen and oxygen atoms in total. The van der Waals surface area contributed by atoms with Crippen molar-refractivity contribution in [2.24, 2.45) is 0 Å². The van der Waals surface area contributed by atoms with Crippen LogP contribution in [-0.4, -0.2) is 31.7 Å². The number of thioether (sulfide) groups is 1. The molecule has 18 heavy (non-hydrogen) atoms. The van der Waals surface area contributed by atoms with Crippen LogP contribution in [-0.2, 0) is 16.4 Å². The zero-order valence-corrected chi connectivity index (χ0v) is 12.2. The van der Waals surface area contributed by atoms with Crippen molar-refractivity contribution in [2.45, 2.75) is 30.0 Å². The molecule has 1 unspecified atom stereocenters. The van der Waals surface area contributed by atoms with Gasteiger partial charge in [-0.3, -0.25) is 0 Å². The molecule has 1 aromatic carbocycles. The van der Waals surface area contributed by atoms with E-state index in [2.05, 4.69) is 36.5 Å². The van der Waals surface area contributed by atoms with Gasteiger partial charge in [-0.15, -0.1) is 11.8 Å². The summed E-state index contributed by atoms with van der Waals surface area (Å²) in [6.07, 6.45) is 0.784. The molecule has 2 rings (SSSR count). The van der Waals surface area contributed by atoms with E-state index in [1.165, 1.54) is 5.56 Å². The first-order valence-corrected chi connectivity index (χ1v) is 8.96. The molecule has 1 N–H and O–H groups in total. The molecule has 0 bridgehead atoms. The molecule has 0 aromatic heterocycles. The van der Waals surface area contributed by atoms with E-state index in [9.17, 15) is 8.42 Å². The third-order valence-corrected chi connectivity index (χ3v) is 6.25. The predicted octanol–water partition coefficient (Wildman–Crippen LogP) is 2.08. The third-order valence-electron chi connectivity index (χ3n) is 3.00. The summed E-state index contributed by atoms with van der Waals surface area (Å²) in [6.45, 7) is 3.94. The molecule has 100 valence electrons. The zero-order valence-electron chi connectivity index (χ0n) is 10.6. The molecule has 0 amide bonds. The quantitative estimate of drug-likeness (QED) is 0.899. The Bertz CT molecular complexity index is 482. The summed E-state index contributed by atoms with van der Waals surface area (Å²) in [5.74, 6) is 0.681. The van der Waals surface area contributed by atoms with E-state index in [1.54, 1.807) is 11.8 Å². The van der Waals surface area contributed by atoms with E-state index in [1.807, 2.05) is 0 Å². The molecule has 1 heterocycles. The van der Waals surface area contributed by atoms with Gasteiger partial charge in [-0.05, 0) is 30.7 Å². The van der Waals surface area contributed by atoms with Gasteiger partial charge < -0.3 is 5.32 Å². The van der Waals surface area contributed by atoms with Gasteiger partial charge in [0.05, 0.1) is 11.5 Å². The highest BCUT2D eigenvalue weighted by molar-refractivity contribution is 8.01. The van der Waals surface area contributed by atoms with Gasteiger partial charge in [-0.25, -0.2) is 8.42 Å². The van der Waals surface area contributed by atoms with Crippen LogP contribution in [0.15, 0.2) is 29.2 Å². The molecule has 1 atom stereocenters. The summed E-state index contributed by atoms with van der Waals surface area (Å²) >= 11 is 1.69. The Labute approximate surface area is 113 Å². The van der Waals surface area contributed by atoms with Crippen LogP contribution in [0.25, 0.3) is 0 Å². The maximum absolute atomic E-state index is 11.4. The molecule has 1 aliphatic rings. The molecular weight excluding hydrogens is 266 g/mol. The lowest BCUT2D eigenvalue weighted by atomic mass is 10.2. The fourth-order valence-corrected chi connectivity index (χ4v) is 5.50. The Balaban J connectivity index is 1.90. The van der Waals surface area contributed by atoms with Crippen LogP contribution < -0.4 is 5.32 Å². The van der Waals surface area contributed by atoms with Crippen molar-refractivity contribution in [3.63, 3.8) is 0 Å². The molecule has 0 spiro atoms. The topological polar surface area (TPSA) is 46.2 Å². The maximum atomic E-state index is 11.4. The summed E-state index contributed by atoms with van der Waals surface area (Å²) < 4.78 is 22.8. The average molecular weight is 285 g/mol. The summed E-state index contributed by atoms with van der Waals surface area (Å²) in [5, 5.41) is 3.51. The first-order valence-electron chi connectivity index (χ1n) is 6.26. The van der Waals surface area contributed by atoms with E-state index in [4.69, 9.17) is 0 Å². The highest BCUT2D eigenvalue weighted by atomic mass is 32.2. The van der Waals surface area contributed by atoms with Gasteiger partial charge in [0.25, 0.3) is 0 Å². The lowest BCUT2D eigenvalue weighted by molar-refractivity contribution is 0.602. The lowest BCUT2D eigenvalue weighted by Gasteiger charge is -2.08. The average Bonchev–Trinajstić information content (AvgIpc) is 2.68. The fraction of sp³-hybridized carbons (Fsp3) is 0.538. The number of benzene rings is 1. The zero-order chi connectivity index (χ0) is 13.0. The highest BCUT2D eigenvalue weighted by Crippen LogP contribution is 2.30. The maximum Gasteiger partial charge on any atom is 0.151 e. The van der Waals surface area contributed by atoms with Crippen molar-refractivity contribution >= 4 is 21.6 Å². The molecule has 0 saturated carbocycles. The first kappa shape index (κ1) is 13.9. The van der Waals surface area contributed by atoms with Crippen LogP contribution in [0.5, 0.6) is 0 Å². The second-order valence-electron chi connectivity index (χ2n) is 4.57. The Morgan fingerprint density at radius 2 is 2.06 bits per heavy atom. The Morgan fingerprint density at radius 1 is 1.33 bits per heavy atom. The van der Waals surface area contributed by atoms with Gasteiger partial charge in [-0.1, -0.05) is 19.1 Å². The van der Waals surface area contributed by atoms with Crippen molar-refractivity contribution in [1.82, 2.24) is 5.32 Å². The smallest absolute Gasteiger partial charge is 0.151 e. The van der Waals surface area contributed by atoms with Gasteiger partial charge in [0.2, 0.25) is 0 Å². The van der Waals surface area contributed by atoms with Crippen molar-refractivity contribution < 1.29 is 8.42 Å². The second-order valence-corrected chi connectivity index (χ2v) is 8.17. The van der Waals surface area contributed by atoms with Crippen LogP contribution in [0, 0.1) is 0 Å². The summed E-state index contributed by atoms with van der Waals surface area (Å²) in [7, 11) is -2.77. The van der Waals surface area contributed by atoms with Gasteiger partial charge in [0.15, 0.2) is 9.84 Å². The summed E-state index contributed by atoms with van der Waals surface area (Å²) in [4.78, 5) is 1.16. The Morgan fingerprint density at radius 3 is 2.61 bits per heavy atom. The third kappa shape index (κ3) is 4.00. The standard InChI is InChI=1S/C13H19NO2S2/c1-2-14-9-11-3-5-12(6-4-11)17-13-7-8-18(15,16)10-13/h3-6,13-14H,2,7-10H2,1H3. The van der Waals surface area contributed by atoms with Crippen LogP contribution in [0.1, 0.15) is 18.9 Å². The number of nitrogens with one attached hydrogen (secondary N) is 1. The molecule has 5 heteroatoms. The van der Waals surface area contributed by atoms with E-state index >= 15 is 0 Å². The van der Waals surface area contributed by atoms with Gasteiger partial charge in [0.1, 0.15) is 0 Å². The molecule has 0 aliphatic carbocycles. The van der Waals surface area contributed by atoms with Gasteiger partial charge >= 0.3 is 0 Å². The van der Waals surface area contributed by atoms with Crippen LogP contribution >= 0.6 is 11.8 Å². The number of hydrogen-bond acceptors (Lipinski definition) is 4. The largest absolute Gasteiger partial charge is 0.313 e. The number of rotatable bonds is 5. The van der Waals surface area contributed by atoms with E-state index in [-0.39, 0.29) is 5.25 Å². The normalized spacial score (nSPS) is 22.2. The molecule has 1 fully saturated rings. The summed E-state index contributed by atoms with van der Waals surface area (Å²) in [6, 6.07) is 8.38. The number of sulfone groups is 1. The predicted molar refractivity (Wildman–Crippen MR) is 76.7 cm³/mol. The van der Waals surface area contributed by atoms with Gasteiger partial charge in [-0.2, -0.15) is 0 Å². The molecule has 1 saturated heterocycles. The van der Waals surface area contributed by atoms with Crippen LogP contribution in [0.2, 0.25) is 0 Å². The number of hydrogen-bond donors (Lipinski definition) is 1. The highest BCUT2D eigenvalue weighted by Gasteiger charge is 2.28. The van der Waals surface area contributed by atoms with E-state index in [0.29, 0.717) is 11.5 Å². The van der Waals surface area contributed by atoms with Crippen molar-refractivity contribution in [3.05, 3.63) is 29.8 Å².